The molecule has 0 aliphatic carbocycles. The maximum atomic E-state index is 5.45. The molecule has 1 aromatic heterocycles. The van der Waals surface area contributed by atoms with Gasteiger partial charge in [0.05, 0.1) is 11.3 Å². The van der Waals surface area contributed by atoms with Gasteiger partial charge in [0, 0.05) is 19.3 Å². The van der Waals surface area contributed by atoms with E-state index in [1.54, 1.807) is 7.11 Å². The molecule has 96 valence electrons. The van der Waals surface area contributed by atoms with Crippen LogP contribution in [0.15, 0.2) is 24.4 Å². The van der Waals surface area contributed by atoms with Crippen molar-refractivity contribution >= 4 is 0 Å². The second-order valence-corrected chi connectivity index (χ2v) is 4.87. The molecule has 1 heterocycles. The van der Waals surface area contributed by atoms with E-state index in [0.717, 1.165) is 25.1 Å². The third-order valence-electron chi connectivity index (χ3n) is 3.08. The van der Waals surface area contributed by atoms with Gasteiger partial charge in [-0.1, -0.05) is 13.0 Å². The fraction of sp³-hybridized carbons (Fsp3) is 0.643. The summed E-state index contributed by atoms with van der Waals surface area (Å²) in [4.78, 5) is 4.42. The van der Waals surface area contributed by atoms with Gasteiger partial charge in [-0.2, -0.15) is 0 Å². The van der Waals surface area contributed by atoms with Crippen molar-refractivity contribution in [1.82, 2.24) is 10.3 Å². The Kier molecular flexibility index (Phi) is 5.59. The fourth-order valence-corrected chi connectivity index (χ4v) is 1.78. The van der Waals surface area contributed by atoms with Crippen LogP contribution in [0.1, 0.15) is 45.3 Å². The first kappa shape index (κ1) is 14.1. The van der Waals surface area contributed by atoms with Gasteiger partial charge in [-0.15, -0.1) is 0 Å². The molecule has 0 radical (unpaired) electrons. The summed E-state index contributed by atoms with van der Waals surface area (Å²) in [5.74, 6) is 0. The number of rotatable bonds is 7. The highest BCUT2D eigenvalue weighted by atomic mass is 16.5. The molecule has 1 unspecified atom stereocenters. The summed E-state index contributed by atoms with van der Waals surface area (Å²) in [5.41, 5.74) is 1.05. The van der Waals surface area contributed by atoms with Crippen LogP contribution >= 0.6 is 0 Å². The zero-order valence-corrected chi connectivity index (χ0v) is 11.4. The number of nitrogens with one attached hydrogen (secondary N) is 1. The van der Waals surface area contributed by atoms with Crippen molar-refractivity contribution in [1.29, 1.82) is 0 Å². The molecule has 0 aliphatic heterocycles. The van der Waals surface area contributed by atoms with Gasteiger partial charge < -0.3 is 10.1 Å². The van der Waals surface area contributed by atoms with E-state index in [-0.39, 0.29) is 5.60 Å². The smallest absolute Gasteiger partial charge is 0.0623 e. The lowest BCUT2D eigenvalue weighted by atomic mass is 9.97. The number of hydrogen-bond acceptors (Lipinski definition) is 3. The summed E-state index contributed by atoms with van der Waals surface area (Å²) in [5, 5.41) is 3.48. The molecular formula is C14H24N2O. The Balaban J connectivity index is 2.61. The van der Waals surface area contributed by atoms with Crippen LogP contribution in [0.4, 0.5) is 0 Å². The van der Waals surface area contributed by atoms with Crippen molar-refractivity contribution in [3.05, 3.63) is 30.1 Å². The highest BCUT2D eigenvalue weighted by Crippen LogP contribution is 2.23. The van der Waals surface area contributed by atoms with Crippen LogP contribution in [-0.2, 0) is 4.74 Å². The SMILES string of the molecule is CCNC(CCC(C)(C)OC)c1ccccn1. The standard InChI is InChI=1S/C14H24N2O/c1-5-15-13(9-10-14(2,3)17-4)12-8-6-7-11-16-12/h6-8,11,13,15H,5,9-10H2,1-4H3. The van der Waals surface area contributed by atoms with E-state index in [4.69, 9.17) is 4.74 Å². The lowest BCUT2D eigenvalue weighted by Gasteiger charge is -2.26. The summed E-state index contributed by atoms with van der Waals surface area (Å²) >= 11 is 0. The Morgan fingerprint density at radius 3 is 2.71 bits per heavy atom. The second kappa shape index (κ2) is 6.72. The maximum absolute atomic E-state index is 5.45. The lowest BCUT2D eigenvalue weighted by Crippen LogP contribution is -2.27. The van der Waals surface area contributed by atoms with Gasteiger partial charge >= 0.3 is 0 Å². The van der Waals surface area contributed by atoms with Gasteiger partial charge in [0.2, 0.25) is 0 Å². The van der Waals surface area contributed by atoms with Gasteiger partial charge in [0.15, 0.2) is 0 Å². The largest absolute Gasteiger partial charge is 0.379 e. The topological polar surface area (TPSA) is 34.1 Å². The highest BCUT2D eigenvalue weighted by molar-refractivity contribution is 5.08. The molecule has 17 heavy (non-hydrogen) atoms. The van der Waals surface area contributed by atoms with E-state index >= 15 is 0 Å². The van der Waals surface area contributed by atoms with Gasteiger partial charge in [0.25, 0.3) is 0 Å². The van der Waals surface area contributed by atoms with Crippen molar-refractivity contribution in [3.8, 4) is 0 Å². The summed E-state index contributed by atoms with van der Waals surface area (Å²) in [6, 6.07) is 6.38. The van der Waals surface area contributed by atoms with Crippen LogP contribution in [0.25, 0.3) is 0 Å². The fourth-order valence-electron chi connectivity index (χ4n) is 1.78. The van der Waals surface area contributed by atoms with Gasteiger partial charge in [-0.25, -0.2) is 0 Å². The number of ether oxygens (including phenoxy) is 1. The first-order valence-corrected chi connectivity index (χ1v) is 6.28. The van der Waals surface area contributed by atoms with E-state index in [9.17, 15) is 0 Å². The number of pyridine rings is 1. The molecule has 3 heteroatoms. The van der Waals surface area contributed by atoms with Crippen LogP contribution < -0.4 is 5.32 Å². The zero-order valence-electron chi connectivity index (χ0n) is 11.4. The molecule has 0 saturated carbocycles. The van der Waals surface area contributed by atoms with Crippen molar-refractivity contribution in [2.45, 2.75) is 45.3 Å². The molecule has 0 aliphatic rings. The Labute approximate surface area is 105 Å². The van der Waals surface area contributed by atoms with E-state index in [0.29, 0.717) is 6.04 Å². The van der Waals surface area contributed by atoms with Crippen molar-refractivity contribution in [2.24, 2.45) is 0 Å². The third kappa shape index (κ3) is 4.84. The molecular weight excluding hydrogens is 212 g/mol. The summed E-state index contributed by atoms with van der Waals surface area (Å²) in [7, 11) is 1.77. The average Bonchev–Trinajstić information content (AvgIpc) is 2.35. The van der Waals surface area contributed by atoms with Crippen molar-refractivity contribution in [2.75, 3.05) is 13.7 Å². The second-order valence-electron chi connectivity index (χ2n) is 4.87. The Hall–Kier alpha value is -0.930. The summed E-state index contributed by atoms with van der Waals surface area (Å²) in [6.07, 6.45) is 3.89. The molecule has 0 bridgehead atoms. The molecule has 3 nitrogen and oxygen atoms in total. The van der Waals surface area contributed by atoms with Gasteiger partial charge in [-0.05, 0) is 45.4 Å². The monoisotopic (exact) mass is 236 g/mol. The summed E-state index contributed by atoms with van der Waals surface area (Å²) in [6.45, 7) is 7.31. The van der Waals surface area contributed by atoms with Crippen molar-refractivity contribution in [3.63, 3.8) is 0 Å². The van der Waals surface area contributed by atoms with Crippen LogP contribution in [0.5, 0.6) is 0 Å². The molecule has 0 spiro atoms. The number of methoxy groups -OCH3 is 1. The predicted molar refractivity (Wildman–Crippen MR) is 71.0 cm³/mol. The van der Waals surface area contributed by atoms with E-state index in [1.807, 2.05) is 18.3 Å². The molecule has 1 rings (SSSR count). The zero-order chi connectivity index (χ0) is 12.7. The maximum Gasteiger partial charge on any atom is 0.0623 e. The predicted octanol–water partition coefficient (Wildman–Crippen LogP) is 2.94. The van der Waals surface area contributed by atoms with Crippen LogP contribution in [0, 0.1) is 0 Å². The molecule has 0 saturated heterocycles. The minimum absolute atomic E-state index is 0.0670. The van der Waals surface area contributed by atoms with Crippen LogP contribution in [0.3, 0.4) is 0 Å². The van der Waals surface area contributed by atoms with Crippen LogP contribution in [-0.4, -0.2) is 24.2 Å². The molecule has 1 atom stereocenters. The van der Waals surface area contributed by atoms with E-state index < -0.39 is 0 Å². The van der Waals surface area contributed by atoms with Gasteiger partial charge in [0.1, 0.15) is 0 Å². The normalized spacial score (nSPS) is 13.6. The van der Waals surface area contributed by atoms with E-state index in [2.05, 4.69) is 37.1 Å². The van der Waals surface area contributed by atoms with Crippen LogP contribution in [0.2, 0.25) is 0 Å². The number of nitrogens with zero attached hydrogens (tertiary/aromatic N) is 1. The Morgan fingerprint density at radius 2 is 2.18 bits per heavy atom. The highest BCUT2D eigenvalue weighted by Gasteiger charge is 2.20. The molecule has 1 N–H and O–H groups in total. The Morgan fingerprint density at radius 1 is 1.41 bits per heavy atom. The lowest BCUT2D eigenvalue weighted by molar-refractivity contribution is 0.0116. The molecule has 0 fully saturated rings. The summed E-state index contributed by atoms with van der Waals surface area (Å²) < 4.78 is 5.45. The first-order valence-electron chi connectivity index (χ1n) is 6.28. The number of hydrogen-bond donors (Lipinski definition) is 1. The molecule has 0 aromatic carbocycles. The minimum atomic E-state index is -0.0670. The third-order valence-corrected chi connectivity index (χ3v) is 3.08. The van der Waals surface area contributed by atoms with Gasteiger partial charge in [-0.3, -0.25) is 4.98 Å². The molecule has 1 aromatic rings. The Bertz CT molecular complexity index is 311. The minimum Gasteiger partial charge on any atom is -0.379 e. The quantitative estimate of drug-likeness (QED) is 0.790. The molecule has 0 amide bonds. The van der Waals surface area contributed by atoms with E-state index in [1.165, 1.54) is 0 Å². The number of aromatic nitrogens is 1. The average molecular weight is 236 g/mol. The first-order chi connectivity index (χ1) is 8.09. The van der Waals surface area contributed by atoms with Crippen molar-refractivity contribution < 1.29 is 4.74 Å².